The Morgan fingerprint density at radius 2 is 2.15 bits per heavy atom. The van der Waals surface area contributed by atoms with E-state index in [9.17, 15) is 0 Å². The zero-order valence-electron chi connectivity index (χ0n) is 13.0. The molecule has 0 spiro atoms. The molecule has 1 fully saturated rings. The minimum atomic E-state index is 0.287. The molecule has 20 heavy (non-hydrogen) atoms. The van der Waals surface area contributed by atoms with E-state index in [4.69, 9.17) is 0 Å². The summed E-state index contributed by atoms with van der Waals surface area (Å²) in [6.45, 7) is 12.4. The zero-order chi connectivity index (χ0) is 14.8. The quantitative estimate of drug-likeness (QED) is 0.894. The average Bonchev–Trinajstić information content (AvgIpc) is 2.55. The van der Waals surface area contributed by atoms with Gasteiger partial charge in [-0.15, -0.1) is 0 Å². The van der Waals surface area contributed by atoms with Crippen LogP contribution in [0.1, 0.15) is 39.8 Å². The topological polar surface area (TPSA) is 28.2 Å². The fourth-order valence-corrected chi connectivity index (χ4v) is 2.87. The summed E-state index contributed by atoms with van der Waals surface area (Å²) in [5.41, 5.74) is 1.43. The Labute approximate surface area is 131 Å². The normalized spacial score (nSPS) is 25.4. The number of rotatable bonds is 2. The molecule has 0 amide bonds. The van der Waals surface area contributed by atoms with Crippen LogP contribution in [-0.4, -0.2) is 35.1 Å². The Hall–Kier alpha value is -0.450. The predicted octanol–water partition coefficient (Wildman–Crippen LogP) is 3.44. The van der Waals surface area contributed by atoms with Gasteiger partial charge in [-0.2, -0.15) is 0 Å². The lowest BCUT2D eigenvalue weighted by molar-refractivity contribution is 0.156. The Balaban J connectivity index is 2.08. The molecule has 0 aliphatic carbocycles. The number of pyridine rings is 1. The summed E-state index contributed by atoms with van der Waals surface area (Å²) in [6, 6.07) is 5.31. The van der Waals surface area contributed by atoms with Crippen LogP contribution < -0.4 is 5.32 Å². The fourth-order valence-electron chi connectivity index (χ4n) is 2.64. The van der Waals surface area contributed by atoms with E-state index in [-0.39, 0.29) is 5.41 Å². The van der Waals surface area contributed by atoms with Gasteiger partial charge in [-0.05, 0) is 53.4 Å². The number of nitrogens with one attached hydrogen (secondary N) is 1. The van der Waals surface area contributed by atoms with Gasteiger partial charge in [0.2, 0.25) is 0 Å². The molecule has 2 unspecified atom stereocenters. The molecular weight excluding hydrogens is 314 g/mol. The molecule has 2 rings (SSSR count). The number of hydrogen-bond donors (Lipinski definition) is 1. The van der Waals surface area contributed by atoms with Crippen molar-refractivity contribution in [3.05, 3.63) is 28.5 Å². The van der Waals surface area contributed by atoms with Crippen molar-refractivity contribution in [1.82, 2.24) is 15.2 Å². The maximum Gasteiger partial charge on any atom is 0.0544 e. The molecule has 1 saturated heterocycles. The molecule has 2 heterocycles. The molecule has 1 aromatic rings. The molecule has 0 saturated carbocycles. The van der Waals surface area contributed by atoms with Gasteiger partial charge in [-0.25, -0.2) is 0 Å². The number of nitrogens with zero attached hydrogens (tertiary/aromatic N) is 2. The second kappa shape index (κ2) is 6.54. The molecule has 1 aromatic heterocycles. The SMILES string of the molecule is CC1CCNC(C(C)(C)C)CN1Cc1ccc(Br)cn1. The van der Waals surface area contributed by atoms with Crippen molar-refractivity contribution in [3.8, 4) is 0 Å². The summed E-state index contributed by atoms with van der Waals surface area (Å²) >= 11 is 3.44. The molecule has 0 radical (unpaired) electrons. The minimum Gasteiger partial charge on any atom is -0.312 e. The van der Waals surface area contributed by atoms with E-state index in [0.29, 0.717) is 12.1 Å². The van der Waals surface area contributed by atoms with Crippen LogP contribution in [0.15, 0.2) is 22.8 Å². The van der Waals surface area contributed by atoms with E-state index in [2.05, 4.69) is 71.0 Å². The molecule has 1 N–H and O–H groups in total. The van der Waals surface area contributed by atoms with Crippen LogP contribution in [0, 0.1) is 5.41 Å². The van der Waals surface area contributed by atoms with Crippen molar-refractivity contribution < 1.29 is 0 Å². The van der Waals surface area contributed by atoms with Gasteiger partial charge in [0.1, 0.15) is 0 Å². The maximum atomic E-state index is 4.52. The molecule has 1 aliphatic heterocycles. The molecule has 112 valence electrons. The third kappa shape index (κ3) is 4.27. The summed E-state index contributed by atoms with van der Waals surface area (Å²) < 4.78 is 1.04. The molecular formula is C16H26BrN3. The van der Waals surface area contributed by atoms with Crippen molar-refractivity contribution in [2.75, 3.05) is 13.1 Å². The summed E-state index contributed by atoms with van der Waals surface area (Å²) in [6.07, 6.45) is 3.08. The number of aromatic nitrogens is 1. The molecule has 0 aromatic carbocycles. The largest absolute Gasteiger partial charge is 0.312 e. The van der Waals surface area contributed by atoms with Gasteiger partial charge < -0.3 is 5.32 Å². The van der Waals surface area contributed by atoms with E-state index in [1.807, 2.05) is 6.20 Å². The highest BCUT2D eigenvalue weighted by atomic mass is 79.9. The first-order valence-electron chi connectivity index (χ1n) is 7.44. The molecule has 3 nitrogen and oxygen atoms in total. The molecule has 1 aliphatic rings. The lowest BCUT2D eigenvalue weighted by atomic mass is 9.86. The third-order valence-electron chi connectivity index (χ3n) is 4.19. The fraction of sp³-hybridized carbons (Fsp3) is 0.688. The van der Waals surface area contributed by atoms with Gasteiger partial charge >= 0.3 is 0 Å². The summed E-state index contributed by atoms with van der Waals surface area (Å²) in [7, 11) is 0. The highest BCUT2D eigenvalue weighted by Crippen LogP contribution is 2.24. The first kappa shape index (κ1) is 15.9. The Bertz CT molecular complexity index is 424. The van der Waals surface area contributed by atoms with Crippen molar-refractivity contribution in [1.29, 1.82) is 0 Å². The lowest BCUT2D eigenvalue weighted by Gasteiger charge is -2.35. The zero-order valence-corrected chi connectivity index (χ0v) is 14.6. The first-order chi connectivity index (χ1) is 9.36. The molecule has 4 heteroatoms. The van der Waals surface area contributed by atoms with Crippen molar-refractivity contribution >= 4 is 15.9 Å². The van der Waals surface area contributed by atoms with E-state index < -0.39 is 0 Å². The standard InChI is InChI=1S/C16H26BrN3/c1-12-7-8-18-15(16(2,3)4)11-20(12)10-14-6-5-13(17)9-19-14/h5-6,9,12,15,18H,7-8,10-11H2,1-4H3. The van der Waals surface area contributed by atoms with Gasteiger partial charge in [-0.1, -0.05) is 20.8 Å². The van der Waals surface area contributed by atoms with Crippen LogP contribution in [-0.2, 0) is 6.54 Å². The number of hydrogen-bond acceptors (Lipinski definition) is 3. The highest BCUT2D eigenvalue weighted by Gasteiger charge is 2.30. The van der Waals surface area contributed by atoms with Crippen LogP contribution in [0.2, 0.25) is 0 Å². The van der Waals surface area contributed by atoms with Gasteiger partial charge in [0.15, 0.2) is 0 Å². The van der Waals surface area contributed by atoms with E-state index >= 15 is 0 Å². The second-order valence-electron chi connectivity index (χ2n) is 6.91. The van der Waals surface area contributed by atoms with Gasteiger partial charge in [-0.3, -0.25) is 9.88 Å². The second-order valence-corrected chi connectivity index (χ2v) is 7.82. The van der Waals surface area contributed by atoms with Gasteiger partial charge in [0.05, 0.1) is 5.69 Å². The van der Waals surface area contributed by atoms with Crippen LogP contribution in [0.5, 0.6) is 0 Å². The molecule has 2 atom stereocenters. The highest BCUT2D eigenvalue weighted by molar-refractivity contribution is 9.10. The van der Waals surface area contributed by atoms with Crippen molar-refractivity contribution in [3.63, 3.8) is 0 Å². The van der Waals surface area contributed by atoms with Crippen LogP contribution >= 0.6 is 15.9 Å². The Morgan fingerprint density at radius 3 is 2.75 bits per heavy atom. The lowest BCUT2D eigenvalue weighted by Crippen LogP contribution is -2.47. The van der Waals surface area contributed by atoms with E-state index in [1.165, 1.54) is 6.42 Å². The number of halogens is 1. The Morgan fingerprint density at radius 1 is 1.40 bits per heavy atom. The van der Waals surface area contributed by atoms with Gasteiger partial charge in [0.25, 0.3) is 0 Å². The molecule has 0 bridgehead atoms. The summed E-state index contributed by atoms with van der Waals surface area (Å²) in [5, 5.41) is 3.71. The third-order valence-corrected chi connectivity index (χ3v) is 4.66. The van der Waals surface area contributed by atoms with Crippen molar-refractivity contribution in [2.45, 2.75) is 52.7 Å². The van der Waals surface area contributed by atoms with E-state index in [1.54, 1.807) is 0 Å². The Kier molecular flexibility index (Phi) is 5.21. The monoisotopic (exact) mass is 339 g/mol. The van der Waals surface area contributed by atoms with Crippen LogP contribution in [0.25, 0.3) is 0 Å². The van der Waals surface area contributed by atoms with Crippen LogP contribution in [0.3, 0.4) is 0 Å². The minimum absolute atomic E-state index is 0.287. The summed E-state index contributed by atoms with van der Waals surface area (Å²) in [5.74, 6) is 0. The summed E-state index contributed by atoms with van der Waals surface area (Å²) in [4.78, 5) is 7.08. The van der Waals surface area contributed by atoms with Crippen molar-refractivity contribution in [2.24, 2.45) is 5.41 Å². The van der Waals surface area contributed by atoms with Crippen LogP contribution in [0.4, 0.5) is 0 Å². The average molecular weight is 340 g/mol. The maximum absolute atomic E-state index is 4.52. The first-order valence-corrected chi connectivity index (χ1v) is 8.23. The van der Waals surface area contributed by atoms with E-state index in [0.717, 1.165) is 29.8 Å². The smallest absolute Gasteiger partial charge is 0.0544 e. The predicted molar refractivity (Wildman–Crippen MR) is 87.7 cm³/mol. The van der Waals surface area contributed by atoms with Gasteiger partial charge in [0, 0.05) is 35.8 Å².